The maximum absolute atomic E-state index is 12.6. The number of carbonyl (C=O) groups excluding carboxylic acids is 2. The number of carbonyl (C=O) groups is 2. The second-order valence-electron chi connectivity index (χ2n) is 5.64. The maximum Gasteiger partial charge on any atom is 0.534 e. The Morgan fingerprint density at radius 2 is 1.84 bits per heavy atom. The predicted molar refractivity (Wildman–Crippen MR) is 74.9 cm³/mol. The van der Waals surface area contributed by atoms with Crippen molar-refractivity contribution in [1.29, 1.82) is 0 Å². The Bertz CT molecular complexity index is 730. The Morgan fingerprint density at radius 1 is 1.28 bits per heavy atom. The molecule has 3 unspecified atom stereocenters. The molecule has 0 bridgehead atoms. The first-order valence-corrected chi connectivity index (χ1v) is 8.49. The molecule has 0 aliphatic carbocycles. The predicted octanol–water partition coefficient (Wildman–Crippen LogP) is 0.749. The molecule has 0 radical (unpaired) electrons. The SMILES string of the molecule is COC(=O)C1=C(OS(=O)(=O)C(F)(F)F)[C@H](C)C2C(C(C)OC)C(=O)N12. The fourth-order valence-electron chi connectivity index (χ4n) is 3.02. The molecule has 2 rings (SSSR count). The highest BCUT2D eigenvalue weighted by Gasteiger charge is 2.63. The number of fused-ring (bicyclic) bond motifs is 1. The fourth-order valence-corrected chi connectivity index (χ4v) is 3.58. The first-order chi connectivity index (χ1) is 11.4. The molecule has 0 aromatic carbocycles. The van der Waals surface area contributed by atoms with Crippen molar-refractivity contribution in [3.63, 3.8) is 0 Å². The molecule has 2 heterocycles. The maximum atomic E-state index is 12.6. The summed E-state index contributed by atoms with van der Waals surface area (Å²) in [5.41, 5.74) is -6.32. The molecule has 12 heteroatoms. The highest BCUT2D eigenvalue weighted by molar-refractivity contribution is 7.87. The van der Waals surface area contributed by atoms with Gasteiger partial charge in [0.1, 0.15) is 0 Å². The molecule has 2 aliphatic rings. The summed E-state index contributed by atoms with van der Waals surface area (Å²) >= 11 is 0. The lowest BCUT2D eigenvalue weighted by atomic mass is 9.79. The number of rotatable bonds is 5. The molecule has 142 valence electrons. The smallest absolute Gasteiger partial charge is 0.464 e. The van der Waals surface area contributed by atoms with Crippen molar-refractivity contribution in [2.45, 2.75) is 31.5 Å². The second-order valence-corrected chi connectivity index (χ2v) is 7.18. The molecule has 25 heavy (non-hydrogen) atoms. The Balaban J connectivity index is 2.48. The standard InChI is InChI=1S/C13H16F3NO7S/c1-5-8-7(6(2)22-3)11(18)17(8)9(12(19)23-4)10(5)24-25(20,21)13(14,15)16/h5-8H,1-4H3/t5-,6?,7?,8?/m1/s1. The van der Waals surface area contributed by atoms with Gasteiger partial charge in [0.2, 0.25) is 5.91 Å². The number of hydrogen-bond acceptors (Lipinski definition) is 7. The topological polar surface area (TPSA) is 99.2 Å². The number of esters is 1. The van der Waals surface area contributed by atoms with E-state index >= 15 is 0 Å². The van der Waals surface area contributed by atoms with E-state index in [0.29, 0.717) is 0 Å². The van der Waals surface area contributed by atoms with Crippen molar-refractivity contribution in [3.05, 3.63) is 11.5 Å². The Morgan fingerprint density at radius 3 is 2.28 bits per heavy atom. The van der Waals surface area contributed by atoms with Gasteiger partial charge < -0.3 is 13.7 Å². The van der Waals surface area contributed by atoms with Crippen molar-refractivity contribution in [1.82, 2.24) is 4.90 Å². The van der Waals surface area contributed by atoms with Crippen molar-refractivity contribution in [2.75, 3.05) is 14.2 Å². The van der Waals surface area contributed by atoms with Gasteiger partial charge in [-0.3, -0.25) is 9.69 Å². The molecule has 2 aliphatic heterocycles. The van der Waals surface area contributed by atoms with Gasteiger partial charge in [-0.1, -0.05) is 6.92 Å². The molecule has 1 fully saturated rings. The summed E-state index contributed by atoms with van der Waals surface area (Å²) in [5.74, 6) is -4.26. The van der Waals surface area contributed by atoms with Gasteiger partial charge in [-0.05, 0) is 6.92 Å². The van der Waals surface area contributed by atoms with Gasteiger partial charge in [0.25, 0.3) is 0 Å². The number of nitrogens with zero attached hydrogens (tertiary/aromatic N) is 1. The summed E-state index contributed by atoms with van der Waals surface area (Å²) in [6.07, 6.45) is -0.589. The van der Waals surface area contributed by atoms with E-state index < -0.39 is 62.9 Å². The van der Waals surface area contributed by atoms with Crippen LogP contribution in [0.25, 0.3) is 0 Å². The summed E-state index contributed by atoms with van der Waals surface area (Å²) in [6, 6.07) is -0.769. The third-order valence-corrected chi connectivity index (χ3v) is 5.29. The lowest BCUT2D eigenvalue weighted by Crippen LogP contribution is -2.63. The summed E-state index contributed by atoms with van der Waals surface area (Å²) < 4.78 is 74.2. The van der Waals surface area contributed by atoms with E-state index in [9.17, 15) is 31.2 Å². The number of ether oxygens (including phenoxy) is 2. The van der Waals surface area contributed by atoms with Gasteiger partial charge in [-0.25, -0.2) is 4.79 Å². The van der Waals surface area contributed by atoms with Crippen LogP contribution >= 0.6 is 0 Å². The molecule has 8 nitrogen and oxygen atoms in total. The third-order valence-electron chi connectivity index (χ3n) is 4.33. The largest absolute Gasteiger partial charge is 0.534 e. The van der Waals surface area contributed by atoms with Crippen LogP contribution in [-0.2, 0) is 33.4 Å². The molecular formula is C13H16F3NO7S. The van der Waals surface area contributed by atoms with E-state index in [1.165, 1.54) is 14.0 Å². The quantitative estimate of drug-likeness (QED) is 0.297. The van der Waals surface area contributed by atoms with Crippen molar-refractivity contribution in [3.8, 4) is 0 Å². The number of β-lactam (4-membered cyclic amide) rings is 1. The normalized spacial score (nSPS) is 27.7. The molecule has 4 atom stereocenters. The van der Waals surface area contributed by atoms with E-state index in [1.54, 1.807) is 6.92 Å². The van der Waals surface area contributed by atoms with Gasteiger partial charge in [-0.15, -0.1) is 0 Å². The summed E-state index contributed by atoms with van der Waals surface area (Å²) in [4.78, 5) is 25.1. The highest BCUT2D eigenvalue weighted by atomic mass is 32.2. The van der Waals surface area contributed by atoms with Gasteiger partial charge in [-0.2, -0.15) is 21.6 Å². The average molecular weight is 387 g/mol. The lowest BCUT2D eigenvalue weighted by molar-refractivity contribution is -0.165. The number of hydrogen-bond donors (Lipinski definition) is 0. The third kappa shape index (κ3) is 2.86. The van der Waals surface area contributed by atoms with Gasteiger partial charge >= 0.3 is 21.6 Å². The molecule has 1 saturated heterocycles. The number of alkyl halides is 3. The number of methoxy groups -OCH3 is 2. The second kappa shape index (κ2) is 6.16. The van der Waals surface area contributed by atoms with Crippen LogP contribution < -0.4 is 0 Å². The monoisotopic (exact) mass is 387 g/mol. The average Bonchev–Trinajstić information content (AvgIpc) is 2.74. The lowest BCUT2D eigenvalue weighted by Gasteiger charge is -2.46. The van der Waals surface area contributed by atoms with Crippen molar-refractivity contribution in [2.24, 2.45) is 11.8 Å². The van der Waals surface area contributed by atoms with Crippen LogP contribution in [0.2, 0.25) is 0 Å². The first kappa shape index (κ1) is 19.5. The van der Waals surface area contributed by atoms with Gasteiger partial charge in [0.15, 0.2) is 11.5 Å². The van der Waals surface area contributed by atoms with E-state index in [1.807, 2.05) is 0 Å². The Kier molecular flexibility index (Phi) is 4.81. The molecule has 0 N–H and O–H groups in total. The fraction of sp³-hybridized carbons (Fsp3) is 0.692. The Labute approximate surface area is 141 Å². The van der Waals surface area contributed by atoms with Crippen LogP contribution in [0, 0.1) is 11.8 Å². The summed E-state index contributed by atoms with van der Waals surface area (Å²) in [7, 11) is -3.71. The van der Waals surface area contributed by atoms with Crippen LogP contribution in [0.15, 0.2) is 11.5 Å². The zero-order valence-electron chi connectivity index (χ0n) is 13.7. The molecular weight excluding hydrogens is 371 g/mol. The van der Waals surface area contributed by atoms with Gasteiger partial charge in [0, 0.05) is 13.0 Å². The van der Waals surface area contributed by atoms with Crippen molar-refractivity contribution >= 4 is 22.0 Å². The van der Waals surface area contributed by atoms with Crippen LogP contribution in [0.3, 0.4) is 0 Å². The minimum atomic E-state index is -6.00. The summed E-state index contributed by atoms with van der Waals surface area (Å²) in [5, 5.41) is 0. The molecule has 0 aromatic heterocycles. The Hall–Kier alpha value is -1.82. The minimum Gasteiger partial charge on any atom is -0.464 e. The first-order valence-electron chi connectivity index (χ1n) is 7.08. The zero-order valence-corrected chi connectivity index (χ0v) is 14.5. The zero-order chi connectivity index (χ0) is 19.3. The molecule has 0 aromatic rings. The number of amides is 1. The van der Waals surface area contributed by atoms with E-state index in [-0.39, 0.29) is 0 Å². The van der Waals surface area contributed by atoms with E-state index in [4.69, 9.17) is 4.74 Å². The van der Waals surface area contributed by atoms with Crippen molar-refractivity contribution < 1.29 is 44.8 Å². The molecule has 0 saturated carbocycles. The van der Waals surface area contributed by atoms with Crippen LogP contribution in [0.1, 0.15) is 13.8 Å². The van der Waals surface area contributed by atoms with E-state index in [0.717, 1.165) is 12.0 Å². The van der Waals surface area contributed by atoms with Crippen LogP contribution in [-0.4, -0.2) is 57.1 Å². The van der Waals surface area contributed by atoms with E-state index in [2.05, 4.69) is 8.92 Å². The number of halogens is 3. The van der Waals surface area contributed by atoms with Crippen LogP contribution in [0.5, 0.6) is 0 Å². The van der Waals surface area contributed by atoms with Gasteiger partial charge in [0.05, 0.1) is 25.2 Å². The molecule has 0 spiro atoms. The molecule has 1 amide bonds. The van der Waals surface area contributed by atoms with Crippen LogP contribution in [0.4, 0.5) is 13.2 Å². The summed E-state index contributed by atoms with van der Waals surface area (Å²) in [6.45, 7) is 2.94. The minimum absolute atomic E-state index is 0.588. The highest BCUT2D eigenvalue weighted by Crippen LogP contribution is 2.49.